The molecule has 2 aromatic carbocycles. The second-order valence-corrected chi connectivity index (χ2v) is 13.1. The van der Waals surface area contributed by atoms with Crippen molar-refractivity contribution < 1.29 is 19.2 Å². The first-order chi connectivity index (χ1) is 24.7. The second-order valence-electron chi connectivity index (χ2n) is 13.1. The van der Waals surface area contributed by atoms with E-state index in [1.54, 1.807) is 6.92 Å². The van der Waals surface area contributed by atoms with Crippen molar-refractivity contribution >= 4 is 34.5 Å². The number of aryl methyl sites for hydroxylation is 3. The number of amides is 4. The summed E-state index contributed by atoms with van der Waals surface area (Å²) in [6.45, 7) is 2.59. The molecule has 13 nitrogen and oxygen atoms in total. The molecule has 4 amide bonds. The minimum Gasteiger partial charge on any atom is -0.361 e. The summed E-state index contributed by atoms with van der Waals surface area (Å²) in [4.78, 5) is 78.5. The molecule has 0 radical (unpaired) electrons. The molecule has 0 saturated heterocycles. The van der Waals surface area contributed by atoms with E-state index in [9.17, 15) is 24.0 Å². The van der Waals surface area contributed by atoms with E-state index in [4.69, 9.17) is 5.73 Å². The summed E-state index contributed by atoms with van der Waals surface area (Å²) in [7, 11) is 0. The standard InChI is InChI=1S/C38H48N8O5/c1-24-28-17-18-34(47)43-32(21-25-11-3-2-4-12-25)37(50)46-33(22-26-23-41-29-14-6-5-13-27(26)29)38(51)45-30(15-7-9-19-39)35(48)40-20-10-8-16-31(42-24)36(49)44-28/h2-6,11-14,23,30,32-33,41H,7-10,15-22,39H2,1H3,(H,40,48)(H,43,47)(H,44,49)(H,45,51)(H,46,50)/t30-,32-,33+/m0/s1. The van der Waals surface area contributed by atoms with E-state index < -0.39 is 35.8 Å². The fraction of sp³-hybridized carbons (Fsp3) is 0.421. The number of fused-ring (bicyclic) bond motifs is 19. The van der Waals surface area contributed by atoms with Gasteiger partial charge in [0.15, 0.2) is 0 Å². The van der Waals surface area contributed by atoms with Crippen molar-refractivity contribution in [1.29, 1.82) is 0 Å². The van der Waals surface area contributed by atoms with Crippen molar-refractivity contribution in [3.05, 3.63) is 99.4 Å². The predicted octanol–water partition coefficient (Wildman–Crippen LogP) is 2.01. The molecule has 13 heteroatoms. The van der Waals surface area contributed by atoms with Crippen molar-refractivity contribution in [2.45, 2.75) is 89.3 Å². The Labute approximate surface area is 297 Å². The second kappa shape index (κ2) is 18.1. The third kappa shape index (κ3) is 10.4. The van der Waals surface area contributed by atoms with Crippen LogP contribution in [0.4, 0.5) is 0 Å². The van der Waals surface area contributed by atoms with Gasteiger partial charge >= 0.3 is 0 Å². The molecule has 0 saturated carbocycles. The van der Waals surface area contributed by atoms with Crippen molar-refractivity contribution in [2.24, 2.45) is 5.73 Å². The van der Waals surface area contributed by atoms with Gasteiger partial charge in [-0.05, 0) is 75.6 Å². The zero-order chi connectivity index (χ0) is 36.2. The lowest BCUT2D eigenvalue weighted by Gasteiger charge is -2.26. The van der Waals surface area contributed by atoms with E-state index in [0.29, 0.717) is 68.7 Å². The Hall–Kier alpha value is -5.30. The number of hydrogen-bond donors (Lipinski definition) is 7. The molecule has 0 aliphatic carbocycles. The van der Waals surface area contributed by atoms with Gasteiger partial charge < -0.3 is 37.0 Å². The molecular formula is C38H48N8O5. The van der Waals surface area contributed by atoms with Crippen LogP contribution < -0.4 is 32.6 Å². The fourth-order valence-corrected chi connectivity index (χ4v) is 6.39. The first-order valence-electron chi connectivity index (χ1n) is 17.8. The maximum atomic E-state index is 14.1. The van der Waals surface area contributed by atoms with Crippen LogP contribution in [0.5, 0.6) is 0 Å². The molecule has 4 aromatic rings. The molecule has 51 heavy (non-hydrogen) atoms. The quantitative estimate of drug-likeness (QED) is 0.108. The molecule has 0 fully saturated rings. The van der Waals surface area contributed by atoms with Crippen LogP contribution in [0.1, 0.15) is 66.7 Å². The van der Waals surface area contributed by atoms with Gasteiger partial charge in [-0.2, -0.15) is 0 Å². The Morgan fingerprint density at radius 2 is 1.49 bits per heavy atom. The zero-order valence-corrected chi connectivity index (χ0v) is 29.1. The normalized spacial score (nSPS) is 19.8. The molecule has 3 atom stereocenters. The number of para-hydroxylation sites is 1. The van der Waals surface area contributed by atoms with Gasteiger partial charge in [0.2, 0.25) is 23.6 Å². The number of aromatic amines is 2. The summed E-state index contributed by atoms with van der Waals surface area (Å²) in [6.07, 6.45) is 5.65. The summed E-state index contributed by atoms with van der Waals surface area (Å²) < 4.78 is 0. The summed E-state index contributed by atoms with van der Waals surface area (Å²) in [5.74, 6) is -1.79. The lowest BCUT2D eigenvalue weighted by Crippen LogP contribution is -2.57. The monoisotopic (exact) mass is 696 g/mol. The SMILES string of the molecule is Cc1nc2c(=O)[nH]c1CCC(=O)N[C@@H](Cc1ccccc1)C(=O)N[C@H](Cc1c[nH]c3ccccc13)C(=O)N[C@@H](CCCCN)C(=O)NCCCC2. The van der Waals surface area contributed by atoms with Gasteiger partial charge in [-0.1, -0.05) is 48.5 Å². The Morgan fingerprint density at radius 3 is 2.27 bits per heavy atom. The molecule has 8 N–H and O–H groups in total. The van der Waals surface area contributed by atoms with Crippen LogP contribution >= 0.6 is 0 Å². The highest BCUT2D eigenvalue weighted by atomic mass is 16.2. The minimum absolute atomic E-state index is 0.00783. The Bertz CT molecular complexity index is 1870. The van der Waals surface area contributed by atoms with Crippen LogP contribution in [0.25, 0.3) is 10.9 Å². The van der Waals surface area contributed by atoms with Gasteiger partial charge in [0.05, 0.1) is 5.69 Å². The molecule has 0 unspecified atom stereocenters. The lowest BCUT2D eigenvalue weighted by atomic mass is 10.0. The number of rotatable bonds is 8. The maximum Gasteiger partial charge on any atom is 0.269 e. The van der Waals surface area contributed by atoms with Crippen LogP contribution in [-0.2, 0) is 44.9 Å². The first kappa shape index (κ1) is 37.0. The van der Waals surface area contributed by atoms with Crippen LogP contribution in [0.2, 0.25) is 0 Å². The zero-order valence-electron chi connectivity index (χ0n) is 29.1. The number of aromatic nitrogens is 3. The van der Waals surface area contributed by atoms with Gasteiger partial charge in [0.25, 0.3) is 5.56 Å². The van der Waals surface area contributed by atoms with Crippen molar-refractivity contribution in [3.63, 3.8) is 0 Å². The number of carbonyl (C=O) groups excluding carboxylic acids is 4. The van der Waals surface area contributed by atoms with Crippen LogP contribution in [0, 0.1) is 6.92 Å². The first-order valence-corrected chi connectivity index (χ1v) is 17.8. The summed E-state index contributed by atoms with van der Waals surface area (Å²) in [5.41, 5.74) is 9.51. The van der Waals surface area contributed by atoms with Crippen LogP contribution in [-0.4, -0.2) is 69.8 Å². The van der Waals surface area contributed by atoms with Gasteiger partial charge in [0, 0.05) is 48.6 Å². The Morgan fingerprint density at radius 1 is 0.765 bits per heavy atom. The van der Waals surface area contributed by atoms with Crippen molar-refractivity contribution in [2.75, 3.05) is 13.1 Å². The summed E-state index contributed by atoms with van der Waals surface area (Å²) in [6, 6.07) is 14.0. The molecule has 0 spiro atoms. The average molecular weight is 697 g/mol. The van der Waals surface area contributed by atoms with E-state index in [-0.39, 0.29) is 37.1 Å². The van der Waals surface area contributed by atoms with E-state index in [0.717, 1.165) is 22.0 Å². The summed E-state index contributed by atoms with van der Waals surface area (Å²) in [5, 5.41) is 12.5. The van der Waals surface area contributed by atoms with E-state index in [1.807, 2.05) is 60.8 Å². The Balaban J connectivity index is 1.46. The molecule has 4 heterocycles. The Kier molecular flexibility index (Phi) is 13.1. The molecule has 2 aliphatic rings. The number of hydrogen-bond acceptors (Lipinski definition) is 7. The third-order valence-corrected chi connectivity index (χ3v) is 9.25. The van der Waals surface area contributed by atoms with E-state index >= 15 is 0 Å². The van der Waals surface area contributed by atoms with Crippen LogP contribution in [0.15, 0.2) is 65.6 Å². The predicted molar refractivity (Wildman–Crippen MR) is 195 cm³/mol. The average Bonchev–Trinajstić information content (AvgIpc) is 3.53. The van der Waals surface area contributed by atoms with Gasteiger partial charge in [-0.15, -0.1) is 0 Å². The highest BCUT2D eigenvalue weighted by Gasteiger charge is 2.31. The molecule has 2 aliphatic heterocycles. The number of H-pyrrole nitrogens is 2. The van der Waals surface area contributed by atoms with Crippen molar-refractivity contribution in [1.82, 2.24) is 36.2 Å². The summed E-state index contributed by atoms with van der Waals surface area (Å²) >= 11 is 0. The van der Waals surface area contributed by atoms with Gasteiger partial charge in [-0.3, -0.25) is 29.0 Å². The highest BCUT2D eigenvalue weighted by molar-refractivity contribution is 5.95. The number of nitrogens with zero attached hydrogens (tertiary/aromatic N) is 1. The highest BCUT2D eigenvalue weighted by Crippen LogP contribution is 2.20. The van der Waals surface area contributed by atoms with Gasteiger partial charge in [-0.25, -0.2) is 0 Å². The van der Waals surface area contributed by atoms with Gasteiger partial charge in [0.1, 0.15) is 23.8 Å². The van der Waals surface area contributed by atoms with E-state index in [1.165, 1.54) is 0 Å². The smallest absolute Gasteiger partial charge is 0.269 e. The molecular weight excluding hydrogens is 648 g/mol. The molecule has 2 aromatic heterocycles. The minimum atomic E-state index is -1.07. The molecule has 2 bridgehead atoms. The van der Waals surface area contributed by atoms with Crippen LogP contribution in [0.3, 0.4) is 0 Å². The largest absolute Gasteiger partial charge is 0.361 e. The fourth-order valence-electron chi connectivity index (χ4n) is 6.39. The number of nitrogens with one attached hydrogen (secondary N) is 6. The number of unbranched alkanes of at least 4 members (excludes halogenated alkanes) is 1. The topological polar surface area (TPSA) is 204 Å². The third-order valence-electron chi connectivity index (χ3n) is 9.25. The van der Waals surface area contributed by atoms with E-state index in [2.05, 4.69) is 36.2 Å². The number of carbonyl (C=O) groups is 4. The molecule has 270 valence electrons. The lowest BCUT2D eigenvalue weighted by molar-refractivity contribution is -0.133. The number of nitrogens with two attached hydrogens (primary N) is 1. The number of benzene rings is 2. The van der Waals surface area contributed by atoms with Crippen molar-refractivity contribution in [3.8, 4) is 0 Å². The maximum absolute atomic E-state index is 14.1. The molecule has 6 rings (SSSR count).